The van der Waals surface area contributed by atoms with Crippen LogP contribution in [0, 0.1) is 14.9 Å². The minimum Gasteiger partial charge on any atom is -0.403 e. The number of ether oxygens (including phenoxy) is 1. The van der Waals surface area contributed by atoms with E-state index in [0.717, 1.165) is 6.20 Å². The minimum absolute atomic E-state index is 0.0380. The summed E-state index contributed by atoms with van der Waals surface area (Å²) >= 11 is 1.53. The molecule has 0 fully saturated rings. The molecule has 0 bridgehead atoms. The molecule has 1 heterocycles. The van der Waals surface area contributed by atoms with Crippen LogP contribution in [0.3, 0.4) is 0 Å². The molecule has 0 atom stereocenters. The largest absolute Gasteiger partial charge is 0.573 e. The second kappa shape index (κ2) is 4.09. The van der Waals surface area contributed by atoms with Crippen molar-refractivity contribution in [3.8, 4) is 11.8 Å². The fourth-order valence-electron chi connectivity index (χ4n) is 0.779. The summed E-state index contributed by atoms with van der Waals surface area (Å²) in [5.74, 6) is -0.730. The average molecular weight is 329 g/mol. The molecule has 0 saturated heterocycles. The fourth-order valence-corrected chi connectivity index (χ4v) is 1.32. The van der Waals surface area contributed by atoms with E-state index in [9.17, 15) is 13.2 Å². The van der Waals surface area contributed by atoms with Crippen molar-refractivity contribution in [2.45, 2.75) is 6.36 Å². The van der Waals surface area contributed by atoms with Crippen molar-refractivity contribution in [3.05, 3.63) is 15.3 Å². The molecule has 0 saturated carbocycles. The third kappa shape index (κ3) is 2.85. The number of nitrogens with two attached hydrogens (primary N) is 1. The minimum atomic E-state index is -4.86. The van der Waals surface area contributed by atoms with E-state index in [0.29, 0.717) is 0 Å². The molecule has 0 amide bonds. The van der Waals surface area contributed by atoms with Crippen molar-refractivity contribution in [3.63, 3.8) is 0 Å². The lowest BCUT2D eigenvalue weighted by molar-refractivity contribution is -0.275. The number of nitrogen functional groups attached to an aromatic ring is 1. The zero-order valence-electron chi connectivity index (χ0n) is 6.97. The van der Waals surface area contributed by atoms with Gasteiger partial charge in [0.25, 0.3) is 0 Å². The summed E-state index contributed by atoms with van der Waals surface area (Å²) in [6, 6.07) is 1.54. The lowest BCUT2D eigenvalue weighted by atomic mass is 10.3. The van der Waals surface area contributed by atoms with E-state index in [1.165, 1.54) is 28.7 Å². The van der Waals surface area contributed by atoms with E-state index in [1.54, 1.807) is 0 Å². The van der Waals surface area contributed by atoms with Crippen LogP contribution in [0.2, 0.25) is 0 Å². The van der Waals surface area contributed by atoms with Gasteiger partial charge in [-0.2, -0.15) is 5.26 Å². The molecule has 0 aromatic carbocycles. The molecule has 1 rings (SSSR count). The van der Waals surface area contributed by atoms with Crippen molar-refractivity contribution in [2.24, 2.45) is 0 Å². The number of rotatable bonds is 1. The van der Waals surface area contributed by atoms with E-state index >= 15 is 0 Å². The SMILES string of the molecule is N#Cc1cnc(N)c(I)c1OC(F)(F)F. The Morgan fingerprint density at radius 3 is 2.60 bits per heavy atom. The molecule has 15 heavy (non-hydrogen) atoms. The number of anilines is 1. The van der Waals surface area contributed by atoms with Gasteiger partial charge in [0.15, 0.2) is 5.75 Å². The smallest absolute Gasteiger partial charge is 0.403 e. The van der Waals surface area contributed by atoms with Gasteiger partial charge in [-0.3, -0.25) is 0 Å². The molecule has 1 aromatic heterocycles. The zero-order valence-corrected chi connectivity index (χ0v) is 9.13. The Hall–Kier alpha value is -1.24. The number of nitriles is 1. The standard InChI is InChI=1S/C7H3F3IN3O/c8-7(9,10)15-5-3(1-12)2-14-6(13)4(5)11/h2H,(H2,13,14). The first-order valence-electron chi connectivity index (χ1n) is 3.45. The molecule has 0 aliphatic carbocycles. The van der Waals surface area contributed by atoms with Crippen molar-refractivity contribution >= 4 is 28.4 Å². The summed E-state index contributed by atoms with van der Waals surface area (Å²) < 4.78 is 39.6. The molecule has 0 aliphatic rings. The van der Waals surface area contributed by atoms with Crippen LogP contribution in [-0.2, 0) is 0 Å². The van der Waals surface area contributed by atoms with Gasteiger partial charge in [0, 0.05) is 0 Å². The third-order valence-electron chi connectivity index (χ3n) is 1.34. The summed E-state index contributed by atoms with van der Waals surface area (Å²) in [5.41, 5.74) is 4.97. The van der Waals surface area contributed by atoms with Crippen LogP contribution in [0.15, 0.2) is 6.20 Å². The van der Waals surface area contributed by atoms with Crippen LogP contribution in [0.5, 0.6) is 5.75 Å². The molecule has 4 nitrogen and oxygen atoms in total. The number of halogens is 4. The van der Waals surface area contributed by atoms with Crippen LogP contribution >= 0.6 is 22.6 Å². The highest BCUT2D eigenvalue weighted by Crippen LogP contribution is 2.32. The predicted molar refractivity (Wildman–Crippen MR) is 52.8 cm³/mol. The number of pyridine rings is 1. The van der Waals surface area contributed by atoms with E-state index < -0.39 is 12.1 Å². The number of nitrogens with zero attached hydrogens (tertiary/aromatic N) is 2. The maximum atomic E-state index is 12.0. The molecular formula is C7H3F3IN3O. The Kier molecular flexibility index (Phi) is 3.23. The summed E-state index contributed by atoms with van der Waals surface area (Å²) in [5, 5.41) is 8.55. The quantitative estimate of drug-likeness (QED) is 0.801. The van der Waals surface area contributed by atoms with Crippen molar-refractivity contribution < 1.29 is 17.9 Å². The molecule has 2 N–H and O–H groups in total. The van der Waals surface area contributed by atoms with Gasteiger partial charge in [0.05, 0.1) is 9.77 Å². The molecule has 1 aromatic rings. The Balaban J connectivity index is 3.26. The Morgan fingerprint density at radius 1 is 1.53 bits per heavy atom. The first-order chi connectivity index (χ1) is 6.85. The van der Waals surface area contributed by atoms with Gasteiger partial charge >= 0.3 is 6.36 Å². The highest BCUT2D eigenvalue weighted by atomic mass is 127. The van der Waals surface area contributed by atoms with Crippen LogP contribution in [0.4, 0.5) is 19.0 Å². The average Bonchev–Trinajstić information content (AvgIpc) is 2.11. The van der Waals surface area contributed by atoms with Gasteiger partial charge in [0.2, 0.25) is 0 Å². The van der Waals surface area contributed by atoms with Crippen molar-refractivity contribution in [1.29, 1.82) is 5.26 Å². The first-order valence-corrected chi connectivity index (χ1v) is 4.53. The lowest BCUT2D eigenvalue weighted by Gasteiger charge is -2.12. The van der Waals surface area contributed by atoms with Crippen LogP contribution < -0.4 is 10.5 Å². The lowest BCUT2D eigenvalue weighted by Crippen LogP contribution is -2.19. The zero-order chi connectivity index (χ0) is 11.6. The van der Waals surface area contributed by atoms with Crippen LogP contribution in [-0.4, -0.2) is 11.3 Å². The molecule has 0 aliphatic heterocycles. The maximum Gasteiger partial charge on any atom is 0.573 e. The van der Waals surface area contributed by atoms with Crippen molar-refractivity contribution in [1.82, 2.24) is 4.98 Å². The maximum absolute atomic E-state index is 12.0. The summed E-state index contributed by atoms with van der Waals surface area (Å²) in [6.45, 7) is 0. The molecule has 0 radical (unpaired) electrons. The Morgan fingerprint density at radius 2 is 2.13 bits per heavy atom. The van der Waals surface area contributed by atoms with Gasteiger partial charge in [-0.25, -0.2) is 4.98 Å². The molecule has 8 heteroatoms. The van der Waals surface area contributed by atoms with E-state index in [4.69, 9.17) is 11.0 Å². The first kappa shape index (κ1) is 11.8. The molecule has 80 valence electrons. The summed E-state index contributed by atoms with van der Waals surface area (Å²) in [7, 11) is 0. The Labute approximate surface area is 96.0 Å². The summed E-state index contributed by atoms with van der Waals surface area (Å²) in [4.78, 5) is 3.54. The van der Waals surface area contributed by atoms with E-state index in [-0.39, 0.29) is 15.0 Å². The van der Waals surface area contributed by atoms with Crippen LogP contribution in [0.1, 0.15) is 5.56 Å². The van der Waals surface area contributed by atoms with Gasteiger partial charge in [-0.05, 0) is 22.6 Å². The Bertz CT molecular complexity index is 427. The van der Waals surface area contributed by atoms with Gasteiger partial charge in [-0.1, -0.05) is 0 Å². The molecular weight excluding hydrogens is 326 g/mol. The van der Waals surface area contributed by atoms with Gasteiger partial charge < -0.3 is 10.5 Å². The topological polar surface area (TPSA) is 71.9 Å². The number of hydrogen-bond acceptors (Lipinski definition) is 4. The highest BCUT2D eigenvalue weighted by Gasteiger charge is 2.33. The van der Waals surface area contributed by atoms with Crippen molar-refractivity contribution in [2.75, 3.05) is 5.73 Å². The van der Waals surface area contributed by atoms with Crippen LogP contribution in [0.25, 0.3) is 0 Å². The predicted octanol–water partition coefficient (Wildman–Crippen LogP) is 2.04. The second-order valence-corrected chi connectivity index (χ2v) is 3.44. The monoisotopic (exact) mass is 329 g/mol. The number of hydrogen-bond donors (Lipinski definition) is 1. The van der Waals surface area contributed by atoms with Gasteiger partial charge in [-0.15, -0.1) is 13.2 Å². The number of alkyl halides is 3. The van der Waals surface area contributed by atoms with E-state index in [1.807, 2.05) is 0 Å². The number of aromatic nitrogens is 1. The highest BCUT2D eigenvalue weighted by molar-refractivity contribution is 14.1. The summed E-state index contributed by atoms with van der Waals surface area (Å²) in [6.07, 6.45) is -3.93. The fraction of sp³-hybridized carbons (Fsp3) is 0.143. The third-order valence-corrected chi connectivity index (χ3v) is 2.38. The second-order valence-electron chi connectivity index (χ2n) is 2.36. The molecule has 0 unspecified atom stereocenters. The molecule has 0 spiro atoms. The van der Waals surface area contributed by atoms with E-state index in [2.05, 4.69) is 9.72 Å². The normalized spacial score (nSPS) is 10.9. The van der Waals surface area contributed by atoms with Gasteiger partial charge in [0.1, 0.15) is 17.5 Å².